The lowest BCUT2D eigenvalue weighted by Crippen LogP contribution is -2.23. The van der Waals surface area contributed by atoms with E-state index in [0.717, 1.165) is 55.7 Å². The lowest BCUT2D eigenvalue weighted by atomic mass is 10.0. The van der Waals surface area contributed by atoms with Crippen molar-refractivity contribution in [3.63, 3.8) is 0 Å². The van der Waals surface area contributed by atoms with Gasteiger partial charge in [-0.15, -0.1) is 0 Å². The molecule has 0 aromatic heterocycles. The minimum atomic E-state index is -3.96. The Balaban J connectivity index is 1.84. The molecule has 0 N–H and O–H groups in total. The molecule has 7 heteroatoms. The van der Waals surface area contributed by atoms with E-state index < -0.39 is 29.4 Å². The van der Waals surface area contributed by atoms with E-state index in [0.29, 0.717) is 18.1 Å². The number of unbranched alkanes of at least 4 members (excludes halogenated alkanes) is 2. The van der Waals surface area contributed by atoms with Gasteiger partial charge in [0.1, 0.15) is 17.4 Å². The highest BCUT2D eigenvalue weighted by Crippen LogP contribution is 2.35. The Morgan fingerprint density at radius 2 is 1.74 bits per heavy atom. The number of aryl methyl sites for hydroxylation is 1. The van der Waals surface area contributed by atoms with E-state index in [1.165, 1.54) is 12.1 Å². The average molecular weight is 438 g/mol. The fourth-order valence-electron chi connectivity index (χ4n) is 3.31. The summed E-state index contributed by atoms with van der Waals surface area (Å²) in [7, 11) is 0. The van der Waals surface area contributed by atoms with Gasteiger partial charge in [0.25, 0.3) is 6.08 Å². The molecule has 0 saturated carbocycles. The van der Waals surface area contributed by atoms with Gasteiger partial charge in [0, 0.05) is 17.0 Å². The van der Waals surface area contributed by atoms with Gasteiger partial charge in [-0.2, -0.15) is 17.6 Å². The second-order valence-corrected chi connectivity index (χ2v) is 7.18. The van der Waals surface area contributed by atoms with Crippen molar-refractivity contribution in [1.29, 1.82) is 0 Å². The van der Waals surface area contributed by atoms with Crippen molar-refractivity contribution in [2.75, 3.05) is 0 Å². The first-order valence-electron chi connectivity index (χ1n) is 9.82. The number of rotatable bonds is 8. The quantitative estimate of drug-likeness (QED) is 0.254. The second-order valence-electron chi connectivity index (χ2n) is 7.18. The fraction of sp³-hybridized carbons (Fsp3) is 0.250. The van der Waals surface area contributed by atoms with E-state index >= 15 is 0 Å². The normalized spacial score (nSPS) is 11.6. The summed E-state index contributed by atoms with van der Waals surface area (Å²) >= 11 is 0. The number of benzene rings is 3. The molecule has 0 aliphatic rings. The van der Waals surface area contributed by atoms with Crippen LogP contribution in [0.15, 0.2) is 54.6 Å². The van der Waals surface area contributed by atoms with Gasteiger partial charge in [-0.1, -0.05) is 38.0 Å². The number of hydrogen-bond acceptors (Lipinski definition) is 1. The lowest BCUT2D eigenvalue weighted by Gasteiger charge is -2.19. The van der Waals surface area contributed by atoms with Crippen LogP contribution in [-0.4, -0.2) is 0 Å². The maximum Gasteiger partial charge on any atom is 0.429 e. The van der Waals surface area contributed by atoms with Crippen LogP contribution in [0.3, 0.4) is 0 Å². The molecule has 0 atom stereocenters. The van der Waals surface area contributed by atoms with E-state index in [2.05, 4.69) is 0 Å². The Hall–Kier alpha value is -2.96. The fourth-order valence-corrected chi connectivity index (χ4v) is 3.31. The van der Waals surface area contributed by atoms with Crippen molar-refractivity contribution in [2.24, 2.45) is 0 Å². The van der Waals surface area contributed by atoms with Crippen molar-refractivity contribution in [2.45, 2.75) is 38.7 Å². The van der Waals surface area contributed by atoms with Crippen LogP contribution in [-0.2, 0) is 12.5 Å². The zero-order chi connectivity index (χ0) is 22.6. The SMILES string of the molecule is CCCCCc1ccc(C(F)(F)Oc2ccc3c(F)c(C=C(F)F)ccc3c2)c(F)c1. The summed E-state index contributed by atoms with van der Waals surface area (Å²) < 4.78 is 87.4. The molecule has 31 heavy (non-hydrogen) atoms. The highest BCUT2D eigenvalue weighted by Gasteiger charge is 2.37. The van der Waals surface area contributed by atoms with Crippen molar-refractivity contribution in [3.05, 3.63) is 82.9 Å². The first kappa shape index (κ1) is 22.7. The number of alkyl halides is 2. The van der Waals surface area contributed by atoms with Gasteiger partial charge in [0.2, 0.25) is 0 Å². The van der Waals surface area contributed by atoms with Crippen molar-refractivity contribution in [3.8, 4) is 5.75 Å². The molecule has 0 radical (unpaired) electrons. The Bertz CT molecular complexity index is 1100. The molecule has 0 aliphatic heterocycles. The number of hydrogen-bond donors (Lipinski definition) is 0. The predicted octanol–water partition coefficient (Wildman–Crippen LogP) is 8.22. The van der Waals surface area contributed by atoms with E-state index in [-0.39, 0.29) is 22.1 Å². The minimum absolute atomic E-state index is 0.0340. The smallest absolute Gasteiger partial charge is 0.429 e. The summed E-state index contributed by atoms with van der Waals surface area (Å²) in [5.74, 6) is -2.30. The molecule has 0 spiro atoms. The van der Waals surface area contributed by atoms with E-state index in [4.69, 9.17) is 4.74 Å². The molecule has 164 valence electrons. The molecule has 0 saturated heterocycles. The summed E-state index contributed by atoms with van der Waals surface area (Å²) in [6.07, 6.45) is -2.25. The Morgan fingerprint density at radius 3 is 2.42 bits per heavy atom. The second kappa shape index (κ2) is 9.45. The minimum Gasteiger partial charge on any atom is -0.429 e. The number of halogens is 6. The van der Waals surface area contributed by atoms with Crippen LogP contribution in [0.25, 0.3) is 16.8 Å². The van der Waals surface area contributed by atoms with Crippen molar-refractivity contribution >= 4 is 16.8 Å². The van der Waals surface area contributed by atoms with Crippen LogP contribution in [0.1, 0.15) is 42.9 Å². The molecule has 3 aromatic carbocycles. The van der Waals surface area contributed by atoms with Crippen LogP contribution in [0.2, 0.25) is 0 Å². The Kier molecular flexibility index (Phi) is 6.93. The molecular weight excluding hydrogens is 418 g/mol. The topological polar surface area (TPSA) is 9.23 Å². The van der Waals surface area contributed by atoms with Crippen LogP contribution in [0.4, 0.5) is 26.3 Å². The third-order valence-corrected chi connectivity index (χ3v) is 4.88. The van der Waals surface area contributed by atoms with Gasteiger partial charge in [-0.05, 0) is 54.1 Å². The third-order valence-electron chi connectivity index (χ3n) is 4.88. The molecule has 0 fully saturated rings. The molecule has 0 unspecified atom stereocenters. The van der Waals surface area contributed by atoms with Gasteiger partial charge >= 0.3 is 6.11 Å². The molecule has 1 nitrogen and oxygen atoms in total. The highest BCUT2D eigenvalue weighted by atomic mass is 19.3. The first-order chi connectivity index (χ1) is 14.7. The molecule has 0 heterocycles. The Labute approximate surface area is 176 Å². The van der Waals surface area contributed by atoms with Crippen molar-refractivity contribution < 1.29 is 31.1 Å². The Morgan fingerprint density at radius 1 is 0.968 bits per heavy atom. The summed E-state index contributed by atoms with van der Waals surface area (Å²) in [4.78, 5) is 0. The van der Waals surface area contributed by atoms with Crippen LogP contribution in [0, 0.1) is 11.6 Å². The average Bonchev–Trinajstić information content (AvgIpc) is 2.69. The molecular formula is C24H20F6O. The molecule has 0 bridgehead atoms. The maximum absolute atomic E-state index is 14.6. The highest BCUT2D eigenvalue weighted by molar-refractivity contribution is 5.86. The van der Waals surface area contributed by atoms with Gasteiger partial charge in [0.05, 0.1) is 5.56 Å². The molecule has 3 rings (SSSR count). The van der Waals surface area contributed by atoms with Gasteiger partial charge in [-0.3, -0.25) is 0 Å². The summed E-state index contributed by atoms with van der Waals surface area (Å²) in [6, 6.07) is 9.31. The van der Waals surface area contributed by atoms with Gasteiger partial charge in [0.15, 0.2) is 0 Å². The van der Waals surface area contributed by atoms with Crippen LogP contribution < -0.4 is 4.74 Å². The molecule has 0 amide bonds. The monoisotopic (exact) mass is 438 g/mol. The summed E-state index contributed by atoms with van der Waals surface area (Å²) in [5, 5.41) is 0.141. The zero-order valence-electron chi connectivity index (χ0n) is 16.7. The zero-order valence-corrected chi connectivity index (χ0v) is 16.7. The van der Waals surface area contributed by atoms with E-state index in [1.54, 1.807) is 0 Å². The number of ether oxygens (including phenoxy) is 1. The standard InChI is InChI=1S/C24H20F6O/c1-2-3-4-5-15-6-11-20(21(25)12-15)24(29,30)31-18-9-10-19-16(13-18)7-8-17(23(19)28)14-22(26)27/h6-14H,2-5H2,1H3. The lowest BCUT2D eigenvalue weighted by molar-refractivity contribution is -0.187. The van der Waals surface area contributed by atoms with E-state index in [1.807, 2.05) is 6.92 Å². The number of fused-ring (bicyclic) bond motifs is 1. The molecule has 3 aromatic rings. The molecule has 0 aliphatic carbocycles. The first-order valence-corrected chi connectivity index (χ1v) is 9.82. The summed E-state index contributed by atoms with van der Waals surface area (Å²) in [6.45, 7) is 2.03. The van der Waals surface area contributed by atoms with Crippen LogP contribution in [0.5, 0.6) is 5.75 Å². The van der Waals surface area contributed by atoms with Gasteiger partial charge in [-0.25, -0.2) is 8.78 Å². The largest absolute Gasteiger partial charge is 0.429 e. The third kappa shape index (κ3) is 5.40. The summed E-state index contributed by atoms with van der Waals surface area (Å²) in [5.41, 5.74) is -0.606. The predicted molar refractivity (Wildman–Crippen MR) is 108 cm³/mol. The maximum atomic E-state index is 14.6. The van der Waals surface area contributed by atoms with E-state index in [9.17, 15) is 26.3 Å². The van der Waals surface area contributed by atoms with Crippen molar-refractivity contribution in [1.82, 2.24) is 0 Å². The van der Waals surface area contributed by atoms with Gasteiger partial charge < -0.3 is 4.74 Å². The van der Waals surface area contributed by atoms with Crippen LogP contribution >= 0.6 is 0 Å².